The lowest BCUT2D eigenvalue weighted by molar-refractivity contribution is -0.0366. The van der Waals surface area contributed by atoms with Gasteiger partial charge >= 0.3 is 0 Å². The van der Waals surface area contributed by atoms with Crippen LogP contribution in [0.2, 0.25) is 0 Å². The van der Waals surface area contributed by atoms with Crippen LogP contribution in [0, 0.1) is 0 Å². The highest BCUT2D eigenvalue weighted by Crippen LogP contribution is 2.43. The van der Waals surface area contributed by atoms with Crippen LogP contribution < -0.4 is 5.32 Å². The van der Waals surface area contributed by atoms with Crippen molar-refractivity contribution in [1.82, 2.24) is 5.32 Å². The standard InChI is InChI=1S/C13H23NO/c1-2-8-13(7-1)9-6-12(15-13)10-14-11-4-3-5-11/h11-12,14H,1-10H2. The van der Waals surface area contributed by atoms with Gasteiger partial charge in [-0.2, -0.15) is 0 Å². The second-order valence-electron chi connectivity index (χ2n) is 5.70. The van der Waals surface area contributed by atoms with Gasteiger partial charge in [-0.25, -0.2) is 0 Å². The summed E-state index contributed by atoms with van der Waals surface area (Å²) in [4.78, 5) is 0. The largest absolute Gasteiger partial charge is 0.370 e. The van der Waals surface area contributed by atoms with E-state index in [0.717, 1.165) is 12.6 Å². The predicted molar refractivity (Wildman–Crippen MR) is 60.9 cm³/mol. The first-order chi connectivity index (χ1) is 7.36. The van der Waals surface area contributed by atoms with E-state index in [9.17, 15) is 0 Å². The molecule has 1 unspecified atom stereocenters. The summed E-state index contributed by atoms with van der Waals surface area (Å²) in [6.07, 6.45) is 12.8. The summed E-state index contributed by atoms with van der Waals surface area (Å²) in [6, 6.07) is 0.814. The zero-order chi connectivity index (χ0) is 10.1. The summed E-state index contributed by atoms with van der Waals surface area (Å²) in [7, 11) is 0. The van der Waals surface area contributed by atoms with E-state index < -0.39 is 0 Å². The fraction of sp³-hybridized carbons (Fsp3) is 1.00. The maximum atomic E-state index is 6.27. The van der Waals surface area contributed by atoms with Gasteiger partial charge in [-0.15, -0.1) is 0 Å². The van der Waals surface area contributed by atoms with Crippen molar-refractivity contribution < 1.29 is 4.74 Å². The monoisotopic (exact) mass is 209 g/mol. The van der Waals surface area contributed by atoms with Crippen molar-refractivity contribution in [1.29, 1.82) is 0 Å². The van der Waals surface area contributed by atoms with Gasteiger partial charge in [0.15, 0.2) is 0 Å². The van der Waals surface area contributed by atoms with Gasteiger partial charge in [0.1, 0.15) is 0 Å². The van der Waals surface area contributed by atoms with Crippen LogP contribution in [0.15, 0.2) is 0 Å². The van der Waals surface area contributed by atoms with Crippen molar-refractivity contribution in [2.45, 2.75) is 75.5 Å². The molecule has 1 N–H and O–H groups in total. The van der Waals surface area contributed by atoms with E-state index in [2.05, 4.69) is 5.32 Å². The molecule has 0 bridgehead atoms. The summed E-state index contributed by atoms with van der Waals surface area (Å²) >= 11 is 0. The van der Waals surface area contributed by atoms with Gasteiger partial charge in [0.2, 0.25) is 0 Å². The molecular formula is C13H23NO. The minimum absolute atomic E-state index is 0.325. The first-order valence-corrected chi connectivity index (χ1v) is 6.78. The van der Waals surface area contributed by atoms with Crippen LogP contribution in [-0.2, 0) is 4.74 Å². The Hall–Kier alpha value is -0.0800. The molecule has 0 aromatic rings. The molecule has 86 valence electrons. The third-order valence-electron chi connectivity index (χ3n) is 4.59. The molecule has 1 heterocycles. The van der Waals surface area contributed by atoms with E-state index in [1.807, 2.05) is 0 Å². The predicted octanol–water partition coefficient (Wildman–Crippen LogP) is 2.62. The van der Waals surface area contributed by atoms with Crippen LogP contribution in [-0.4, -0.2) is 24.3 Å². The van der Waals surface area contributed by atoms with Gasteiger partial charge < -0.3 is 10.1 Å². The van der Waals surface area contributed by atoms with Crippen molar-refractivity contribution in [3.63, 3.8) is 0 Å². The minimum Gasteiger partial charge on any atom is -0.370 e. The Morgan fingerprint density at radius 3 is 2.47 bits per heavy atom. The third kappa shape index (κ3) is 2.07. The van der Waals surface area contributed by atoms with Crippen LogP contribution in [0.1, 0.15) is 57.8 Å². The molecule has 0 aromatic carbocycles. The van der Waals surface area contributed by atoms with Gasteiger partial charge in [-0.05, 0) is 38.5 Å². The molecule has 2 heteroatoms. The molecule has 1 spiro atoms. The highest BCUT2D eigenvalue weighted by Gasteiger charge is 2.42. The van der Waals surface area contributed by atoms with Crippen LogP contribution in [0.3, 0.4) is 0 Å². The lowest BCUT2D eigenvalue weighted by Crippen LogP contribution is -2.40. The number of nitrogens with one attached hydrogen (secondary N) is 1. The second kappa shape index (κ2) is 4.06. The maximum Gasteiger partial charge on any atom is 0.0708 e. The molecular weight excluding hydrogens is 186 g/mol. The molecule has 15 heavy (non-hydrogen) atoms. The molecule has 2 nitrogen and oxygen atoms in total. The average molecular weight is 209 g/mol. The summed E-state index contributed by atoms with van der Waals surface area (Å²) in [5, 5.41) is 3.64. The molecule has 3 rings (SSSR count). The lowest BCUT2D eigenvalue weighted by Gasteiger charge is -2.29. The van der Waals surface area contributed by atoms with Crippen molar-refractivity contribution in [2.75, 3.05) is 6.54 Å². The number of rotatable bonds is 3. The fourth-order valence-electron chi connectivity index (χ4n) is 3.34. The van der Waals surface area contributed by atoms with E-state index in [1.54, 1.807) is 0 Å². The third-order valence-corrected chi connectivity index (χ3v) is 4.59. The summed E-state index contributed by atoms with van der Waals surface area (Å²) in [6.45, 7) is 1.10. The quantitative estimate of drug-likeness (QED) is 0.771. The lowest BCUT2D eigenvalue weighted by atomic mass is 9.93. The Morgan fingerprint density at radius 1 is 1.00 bits per heavy atom. The van der Waals surface area contributed by atoms with Crippen molar-refractivity contribution in [3.8, 4) is 0 Å². The Labute approximate surface area is 92.8 Å². The summed E-state index contributed by atoms with van der Waals surface area (Å²) in [5.74, 6) is 0. The molecule has 2 aliphatic carbocycles. The van der Waals surface area contributed by atoms with Gasteiger partial charge in [0.05, 0.1) is 11.7 Å². The zero-order valence-corrected chi connectivity index (χ0v) is 9.63. The van der Waals surface area contributed by atoms with Crippen molar-refractivity contribution in [2.24, 2.45) is 0 Å². The first-order valence-electron chi connectivity index (χ1n) is 6.78. The SMILES string of the molecule is C1CC(NCC2CCC3(CCCC3)O2)C1. The molecule has 1 saturated heterocycles. The van der Waals surface area contributed by atoms with Crippen LogP contribution in [0.5, 0.6) is 0 Å². The number of hydrogen-bond donors (Lipinski definition) is 1. The summed E-state index contributed by atoms with van der Waals surface area (Å²) < 4.78 is 6.27. The Bertz CT molecular complexity index is 219. The first kappa shape index (κ1) is 10.1. The molecule has 2 saturated carbocycles. The van der Waals surface area contributed by atoms with Crippen molar-refractivity contribution >= 4 is 0 Å². The van der Waals surface area contributed by atoms with Crippen LogP contribution >= 0.6 is 0 Å². The smallest absolute Gasteiger partial charge is 0.0708 e. The number of ether oxygens (including phenoxy) is 1. The summed E-state index contributed by atoms with van der Waals surface area (Å²) in [5.41, 5.74) is 0.325. The average Bonchev–Trinajstić information content (AvgIpc) is 2.76. The minimum atomic E-state index is 0.325. The van der Waals surface area contributed by atoms with Gasteiger partial charge in [0, 0.05) is 12.6 Å². The second-order valence-corrected chi connectivity index (χ2v) is 5.70. The van der Waals surface area contributed by atoms with E-state index >= 15 is 0 Å². The Kier molecular flexibility index (Phi) is 2.73. The molecule has 0 radical (unpaired) electrons. The van der Waals surface area contributed by atoms with Gasteiger partial charge in [-0.1, -0.05) is 19.3 Å². The number of hydrogen-bond acceptors (Lipinski definition) is 2. The fourth-order valence-corrected chi connectivity index (χ4v) is 3.34. The maximum absolute atomic E-state index is 6.27. The van der Waals surface area contributed by atoms with Gasteiger partial charge in [-0.3, -0.25) is 0 Å². The Balaban J connectivity index is 1.44. The van der Waals surface area contributed by atoms with Crippen LogP contribution in [0.25, 0.3) is 0 Å². The highest BCUT2D eigenvalue weighted by molar-refractivity contribution is 4.93. The molecule has 3 fully saturated rings. The van der Waals surface area contributed by atoms with E-state index in [1.165, 1.54) is 57.8 Å². The molecule has 3 aliphatic rings. The Morgan fingerprint density at radius 2 is 1.80 bits per heavy atom. The highest BCUT2D eigenvalue weighted by atomic mass is 16.5. The molecule has 1 atom stereocenters. The molecule has 0 aromatic heterocycles. The van der Waals surface area contributed by atoms with Crippen molar-refractivity contribution in [3.05, 3.63) is 0 Å². The molecule has 0 amide bonds. The normalized spacial score (nSPS) is 34.8. The topological polar surface area (TPSA) is 21.3 Å². The van der Waals surface area contributed by atoms with E-state index in [-0.39, 0.29) is 0 Å². The van der Waals surface area contributed by atoms with Gasteiger partial charge in [0.25, 0.3) is 0 Å². The molecule has 1 aliphatic heterocycles. The van der Waals surface area contributed by atoms with E-state index in [4.69, 9.17) is 4.74 Å². The zero-order valence-electron chi connectivity index (χ0n) is 9.63. The van der Waals surface area contributed by atoms with Crippen LogP contribution in [0.4, 0.5) is 0 Å². The van der Waals surface area contributed by atoms with E-state index in [0.29, 0.717) is 11.7 Å².